The van der Waals surface area contributed by atoms with Crippen LogP contribution in [0.5, 0.6) is 5.75 Å². The molecule has 1 aromatic heterocycles. The summed E-state index contributed by atoms with van der Waals surface area (Å²) in [4.78, 5) is 25.3. The standard InChI is InChI=1S/C17H21N5O3S2/c1-25-13-5-3-2-4-12(13)19-16-20-21-17(27-16)26-10-14(23)22-8-6-11(7-9-22)15(18)24/h2-5,11H,6-10H2,1H3,(H2,18,24)(H,19,20). The molecule has 0 saturated carbocycles. The lowest BCUT2D eigenvalue weighted by Gasteiger charge is -2.30. The van der Waals surface area contributed by atoms with Crippen molar-refractivity contribution < 1.29 is 14.3 Å². The largest absolute Gasteiger partial charge is 0.495 e. The first-order chi connectivity index (χ1) is 13.1. The quantitative estimate of drug-likeness (QED) is 0.676. The second-order valence-corrected chi connectivity index (χ2v) is 8.24. The summed E-state index contributed by atoms with van der Waals surface area (Å²) in [6.45, 7) is 1.15. The Hall–Kier alpha value is -2.33. The number of nitrogens with two attached hydrogens (primary N) is 1. The number of benzene rings is 1. The molecular formula is C17H21N5O3S2. The van der Waals surface area contributed by atoms with Crippen molar-refractivity contribution in [2.24, 2.45) is 11.7 Å². The van der Waals surface area contributed by atoms with Crippen LogP contribution in [0.3, 0.4) is 0 Å². The molecule has 0 bridgehead atoms. The van der Waals surface area contributed by atoms with E-state index in [-0.39, 0.29) is 17.7 Å². The molecule has 0 aliphatic carbocycles. The van der Waals surface area contributed by atoms with E-state index in [0.29, 0.717) is 41.2 Å². The number of para-hydroxylation sites is 2. The van der Waals surface area contributed by atoms with Gasteiger partial charge in [-0.05, 0) is 25.0 Å². The number of nitrogens with zero attached hydrogens (tertiary/aromatic N) is 3. The van der Waals surface area contributed by atoms with Crippen molar-refractivity contribution >= 4 is 45.7 Å². The zero-order valence-corrected chi connectivity index (χ0v) is 16.5. The summed E-state index contributed by atoms with van der Waals surface area (Å²) in [5.41, 5.74) is 6.13. The number of thioether (sulfide) groups is 1. The third-order valence-electron chi connectivity index (χ3n) is 4.32. The molecule has 1 aliphatic heterocycles. The highest BCUT2D eigenvalue weighted by Crippen LogP contribution is 2.31. The van der Waals surface area contributed by atoms with E-state index < -0.39 is 0 Å². The number of methoxy groups -OCH3 is 1. The fraction of sp³-hybridized carbons (Fsp3) is 0.412. The Kier molecular flexibility index (Phi) is 6.51. The molecule has 1 aromatic carbocycles. The van der Waals surface area contributed by atoms with Gasteiger partial charge in [0, 0.05) is 19.0 Å². The summed E-state index contributed by atoms with van der Waals surface area (Å²) in [5, 5.41) is 12.0. The number of aromatic nitrogens is 2. The van der Waals surface area contributed by atoms with Crippen molar-refractivity contribution in [1.82, 2.24) is 15.1 Å². The number of carbonyl (C=O) groups excluding carboxylic acids is 2. The fourth-order valence-electron chi connectivity index (χ4n) is 2.81. The Bertz CT molecular complexity index is 805. The number of nitrogens with one attached hydrogen (secondary N) is 1. The van der Waals surface area contributed by atoms with Crippen molar-refractivity contribution in [3.8, 4) is 5.75 Å². The molecule has 1 fully saturated rings. The maximum Gasteiger partial charge on any atom is 0.233 e. The zero-order valence-electron chi connectivity index (χ0n) is 14.9. The lowest BCUT2D eigenvalue weighted by Crippen LogP contribution is -2.42. The maximum absolute atomic E-state index is 12.3. The number of primary amides is 1. The van der Waals surface area contributed by atoms with Crippen molar-refractivity contribution in [3.05, 3.63) is 24.3 Å². The van der Waals surface area contributed by atoms with E-state index in [1.807, 2.05) is 24.3 Å². The Labute approximate surface area is 165 Å². The number of hydrogen-bond acceptors (Lipinski definition) is 8. The van der Waals surface area contributed by atoms with Crippen LogP contribution < -0.4 is 15.8 Å². The van der Waals surface area contributed by atoms with Crippen molar-refractivity contribution in [2.75, 3.05) is 31.3 Å². The normalized spacial score (nSPS) is 14.8. The van der Waals surface area contributed by atoms with Gasteiger partial charge in [0.2, 0.25) is 16.9 Å². The van der Waals surface area contributed by atoms with Crippen LogP contribution >= 0.6 is 23.1 Å². The lowest BCUT2D eigenvalue weighted by molar-refractivity contribution is -0.132. The van der Waals surface area contributed by atoms with Gasteiger partial charge in [-0.3, -0.25) is 9.59 Å². The smallest absolute Gasteiger partial charge is 0.233 e. The first-order valence-corrected chi connectivity index (χ1v) is 10.3. The molecule has 144 valence electrons. The summed E-state index contributed by atoms with van der Waals surface area (Å²) in [6.07, 6.45) is 1.27. The molecule has 27 heavy (non-hydrogen) atoms. The Morgan fingerprint density at radius 2 is 2.07 bits per heavy atom. The molecule has 0 atom stereocenters. The molecule has 1 saturated heterocycles. The molecular weight excluding hydrogens is 386 g/mol. The lowest BCUT2D eigenvalue weighted by atomic mass is 9.96. The summed E-state index contributed by atoms with van der Waals surface area (Å²) in [6, 6.07) is 7.55. The second-order valence-electron chi connectivity index (χ2n) is 6.04. The Morgan fingerprint density at radius 1 is 1.33 bits per heavy atom. The molecule has 0 radical (unpaired) electrons. The van der Waals surface area contributed by atoms with Gasteiger partial charge < -0.3 is 20.7 Å². The van der Waals surface area contributed by atoms with Gasteiger partial charge in [-0.25, -0.2) is 0 Å². The molecule has 0 unspecified atom stereocenters. The summed E-state index contributed by atoms with van der Waals surface area (Å²) >= 11 is 2.74. The number of hydrogen-bond donors (Lipinski definition) is 2. The minimum atomic E-state index is -0.277. The number of anilines is 2. The average Bonchev–Trinajstić information content (AvgIpc) is 3.14. The minimum Gasteiger partial charge on any atom is -0.495 e. The van der Waals surface area contributed by atoms with Gasteiger partial charge in [0.05, 0.1) is 18.6 Å². The molecule has 2 amide bonds. The van der Waals surface area contributed by atoms with Crippen molar-refractivity contribution in [1.29, 1.82) is 0 Å². The Balaban J connectivity index is 1.50. The van der Waals surface area contributed by atoms with E-state index in [1.54, 1.807) is 12.0 Å². The van der Waals surface area contributed by atoms with Gasteiger partial charge >= 0.3 is 0 Å². The van der Waals surface area contributed by atoms with Crippen LogP contribution in [-0.4, -0.2) is 52.9 Å². The third kappa shape index (κ3) is 5.10. The van der Waals surface area contributed by atoms with Gasteiger partial charge in [-0.2, -0.15) is 0 Å². The van der Waals surface area contributed by atoms with Crippen LogP contribution in [0.25, 0.3) is 0 Å². The van der Waals surface area contributed by atoms with Crippen LogP contribution in [0.1, 0.15) is 12.8 Å². The Morgan fingerprint density at radius 3 is 2.78 bits per heavy atom. The number of piperidine rings is 1. The second kappa shape index (κ2) is 9.05. The molecule has 3 N–H and O–H groups in total. The first-order valence-electron chi connectivity index (χ1n) is 8.50. The predicted molar refractivity (Wildman–Crippen MR) is 105 cm³/mol. The third-order valence-corrected chi connectivity index (χ3v) is 6.28. The average molecular weight is 408 g/mol. The number of ether oxygens (including phenoxy) is 1. The van der Waals surface area contributed by atoms with Crippen molar-refractivity contribution in [3.63, 3.8) is 0 Å². The zero-order chi connectivity index (χ0) is 19.2. The first kappa shape index (κ1) is 19.4. The van der Waals surface area contributed by atoms with Crippen LogP contribution in [0, 0.1) is 5.92 Å². The highest BCUT2D eigenvalue weighted by atomic mass is 32.2. The summed E-state index contributed by atoms with van der Waals surface area (Å²) in [7, 11) is 1.61. The number of carbonyl (C=O) groups is 2. The van der Waals surface area contributed by atoms with Gasteiger partial charge in [-0.1, -0.05) is 35.2 Å². The van der Waals surface area contributed by atoms with E-state index >= 15 is 0 Å². The monoisotopic (exact) mass is 407 g/mol. The highest BCUT2D eigenvalue weighted by Gasteiger charge is 2.25. The summed E-state index contributed by atoms with van der Waals surface area (Å²) in [5.74, 6) is 0.660. The molecule has 8 nitrogen and oxygen atoms in total. The van der Waals surface area contributed by atoms with Crippen LogP contribution in [0.2, 0.25) is 0 Å². The van der Waals surface area contributed by atoms with E-state index in [4.69, 9.17) is 10.5 Å². The van der Waals surface area contributed by atoms with Gasteiger partial charge in [0.15, 0.2) is 4.34 Å². The van der Waals surface area contributed by atoms with Crippen molar-refractivity contribution in [2.45, 2.75) is 17.2 Å². The summed E-state index contributed by atoms with van der Waals surface area (Å²) < 4.78 is 6.02. The van der Waals surface area contributed by atoms with Crippen LogP contribution in [-0.2, 0) is 9.59 Å². The van der Waals surface area contributed by atoms with Gasteiger partial charge in [0.1, 0.15) is 5.75 Å². The van der Waals surface area contributed by atoms with Gasteiger partial charge in [-0.15, -0.1) is 10.2 Å². The van der Waals surface area contributed by atoms with E-state index in [1.165, 1.54) is 23.1 Å². The molecule has 0 spiro atoms. The molecule has 2 aromatic rings. The molecule has 2 heterocycles. The van der Waals surface area contributed by atoms with Crippen LogP contribution in [0.15, 0.2) is 28.6 Å². The van der Waals surface area contributed by atoms with Gasteiger partial charge in [0.25, 0.3) is 0 Å². The maximum atomic E-state index is 12.3. The van der Waals surface area contributed by atoms with E-state index in [2.05, 4.69) is 15.5 Å². The van der Waals surface area contributed by atoms with Crippen LogP contribution in [0.4, 0.5) is 10.8 Å². The number of rotatable bonds is 7. The molecule has 1 aliphatic rings. The molecule has 10 heteroatoms. The fourth-order valence-corrected chi connectivity index (χ4v) is 4.48. The SMILES string of the molecule is COc1ccccc1Nc1nnc(SCC(=O)N2CCC(C(N)=O)CC2)s1. The topological polar surface area (TPSA) is 110 Å². The minimum absolute atomic E-state index is 0.0392. The number of likely N-dealkylation sites (tertiary alicyclic amines) is 1. The number of amides is 2. The molecule has 3 rings (SSSR count). The highest BCUT2D eigenvalue weighted by molar-refractivity contribution is 8.01. The van der Waals surface area contributed by atoms with E-state index in [0.717, 1.165) is 11.4 Å². The van der Waals surface area contributed by atoms with E-state index in [9.17, 15) is 9.59 Å². The predicted octanol–water partition coefficient (Wildman–Crippen LogP) is 2.11.